The predicted octanol–water partition coefficient (Wildman–Crippen LogP) is 0.823. The Kier molecular flexibility index (Phi) is 2.87. The van der Waals surface area contributed by atoms with Crippen molar-refractivity contribution in [2.24, 2.45) is 0 Å². The lowest BCUT2D eigenvalue weighted by Crippen LogP contribution is -2.34. The quantitative estimate of drug-likeness (QED) is 0.824. The van der Waals surface area contributed by atoms with Gasteiger partial charge in [-0.25, -0.2) is 4.79 Å². The van der Waals surface area contributed by atoms with E-state index in [0.717, 1.165) is 19.5 Å². The van der Waals surface area contributed by atoms with Gasteiger partial charge in [0.15, 0.2) is 5.82 Å². The van der Waals surface area contributed by atoms with E-state index in [9.17, 15) is 4.79 Å². The molecular formula is C12H16N4O2. The van der Waals surface area contributed by atoms with Crippen LogP contribution in [-0.4, -0.2) is 51.3 Å². The Morgan fingerprint density at radius 3 is 3.17 bits per heavy atom. The fourth-order valence-corrected chi connectivity index (χ4v) is 3.04. The first-order valence-electron chi connectivity index (χ1n) is 6.31. The van der Waals surface area contributed by atoms with E-state index in [1.54, 1.807) is 0 Å². The lowest BCUT2D eigenvalue weighted by molar-refractivity contribution is 0.0697. The van der Waals surface area contributed by atoms with Gasteiger partial charge in [0.05, 0.1) is 6.20 Å². The minimum atomic E-state index is -0.964. The monoisotopic (exact) mass is 248 g/mol. The molecular weight excluding hydrogens is 232 g/mol. The zero-order valence-corrected chi connectivity index (χ0v) is 10.0. The molecule has 2 unspecified atom stereocenters. The van der Waals surface area contributed by atoms with Crippen LogP contribution in [-0.2, 0) is 0 Å². The minimum absolute atomic E-state index is 0.196. The topological polar surface area (TPSA) is 78.3 Å². The molecule has 1 aromatic heterocycles. The first-order chi connectivity index (χ1) is 8.75. The van der Waals surface area contributed by atoms with Crippen molar-refractivity contribution in [3.05, 3.63) is 17.8 Å². The smallest absolute Gasteiger partial charge is 0.339 e. The molecule has 0 aliphatic carbocycles. The number of hydrogen-bond acceptors (Lipinski definition) is 5. The number of fused-ring (bicyclic) bond motifs is 1. The zero-order valence-electron chi connectivity index (χ0n) is 10.0. The minimum Gasteiger partial charge on any atom is -0.478 e. The Hall–Kier alpha value is -1.69. The Morgan fingerprint density at radius 2 is 2.33 bits per heavy atom. The molecule has 2 N–H and O–H groups in total. The molecule has 6 heteroatoms. The summed E-state index contributed by atoms with van der Waals surface area (Å²) in [5.74, 6) is -0.572. The molecule has 2 saturated heterocycles. The number of nitrogens with zero attached hydrogens (tertiary/aromatic N) is 3. The second kappa shape index (κ2) is 4.53. The van der Waals surface area contributed by atoms with E-state index >= 15 is 0 Å². The van der Waals surface area contributed by atoms with Crippen molar-refractivity contribution >= 4 is 11.8 Å². The van der Waals surface area contributed by atoms with Crippen molar-refractivity contribution in [2.75, 3.05) is 18.4 Å². The average molecular weight is 248 g/mol. The van der Waals surface area contributed by atoms with Gasteiger partial charge in [0, 0.05) is 18.6 Å². The molecule has 2 fully saturated rings. The van der Waals surface area contributed by atoms with Crippen LogP contribution in [0.25, 0.3) is 0 Å². The van der Waals surface area contributed by atoms with Crippen molar-refractivity contribution in [3.63, 3.8) is 0 Å². The van der Waals surface area contributed by atoms with Gasteiger partial charge in [-0.05, 0) is 31.9 Å². The van der Waals surface area contributed by atoms with Crippen molar-refractivity contribution in [1.29, 1.82) is 0 Å². The van der Waals surface area contributed by atoms with Crippen LogP contribution in [0, 0.1) is 0 Å². The highest BCUT2D eigenvalue weighted by molar-refractivity contribution is 5.92. The number of anilines is 1. The third-order valence-electron chi connectivity index (χ3n) is 3.88. The van der Waals surface area contributed by atoms with E-state index in [1.807, 2.05) is 0 Å². The highest BCUT2D eigenvalue weighted by atomic mass is 16.4. The fraction of sp³-hybridized carbons (Fsp3) is 0.583. The molecule has 0 bridgehead atoms. The molecule has 6 nitrogen and oxygen atoms in total. The van der Waals surface area contributed by atoms with Crippen molar-refractivity contribution < 1.29 is 9.90 Å². The first-order valence-corrected chi connectivity index (χ1v) is 6.31. The van der Waals surface area contributed by atoms with Gasteiger partial charge in [-0.15, -0.1) is 5.10 Å². The maximum atomic E-state index is 11.1. The number of nitrogens with one attached hydrogen (secondary N) is 1. The van der Waals surface area contributed by atoms with Crippen molar-refractivity contribution in [2.45, 2.75) is 31.3 Å². The Morgan fingerprint density at radius 1 is 1.44 bits per heavy atom. The molecule has 1 aromatic rings. The molecule has 2 aliphatic rings. The highest BCUT2D eigenvalue weighted by Crippen LogP contribution is 2.30. The number of hydrogen-bond donors (Lipinski definition) is 2. The largest absolute Gasteiger partial charge is 0.478 e. The molecule has 0 spiro atoms. The van der Waals surface area contributed by atoms with E-state index in [4.69, 9.17) is 5.11 Å². The Labute approximate surface area is 105 Å². The van der Waals surface area contributed by atoms with Crippen molar-refractivity contribution in [1.82, 2.24) is 15.1 Å². The van der Waals surface area contributed by atoms with Crippen LogP contribution in [0.4, 0.5) is 5.82 Å². The lowest BCUT2D eigenvalue weighted by Gasteiger charge is -2.21. The molecule has 96 valence electrons. The van der Waals surface area contributed by atoms with Gasteiger partial charge in [0.25, 0.3) is 0 Å². The third-order valence-corrected chi connectivity index (χ3v) is 3.88. The van der Waals surface area contributed by atoms with E-state index in [0.29, 0.717) is 17.9 Å². The van der Waals surface area contributed by atoms with E-state index < -0.39 is 5.97 Å². The molecule has 0 radical (unpaired) electrons. The number of carboxylic acids is 1. The summed E-state index contributed by atoms with van der Waals surface area (Å²) in [5.41, 5.74) is 0.196. The molecule has 0 amide bonds. The molecule has 2 aliphatic heterocycles. The van der Waals surface area contributed by atoms with Gasteiger partial charge >= 0.3 is 5.97 Å². The van der Waals surface area contributed by atoms with Gasteiger partial charge in [-0.3, -0.25) is 4.90 Å². The highest BCUT2D eigenvalue weighted by Gasteiger charge is 2.37. The summed E-state index contributed by atoms with van der Waals surface area (Å²) in [7, 11) is 0. The standard InChI is InChI=1S/C12H16N4O2/c17-12(18)8-3-5-13-15-11(8)14-9-4-7-16-6-1-2-10(9)16/h3,5,9-10H,1-2,4,6-7H2,(H,14,15)(H,17,18). The maximum absolute atomic E-state index is 11.1. The summed E-state index contributed by atoms with van der Waals surface area (Å²) in [5, 5.41) is 20.1. The van der Waals surface area contributed by atoms with Gasteiger partial charge in [-0.2, -0.15) is 5.10 Å². The van der Waals surface area contributed by atoms with Crippen LogP contribution in [0.2, 0.25) is 0 Å². The molecule has 18 heavy (non-hydrogen) atoms. The fourth-order valence-electron chi connectivity index (χ4n) is 3.04. The number of carbonyl (C=O) groups is 1. The summed E-state index contributed by atoms with van der Waals surface area (Å²) in [6, 6.07) is 2.30. The number of aromatic nitrogens is 2. The van der Waals surface area contributed by atoms with E-state index in [-0.39, 0.29) is 5.56 Å². The molecule has 2 atom stereocenters. The van der Waals surface area contributed by atoms with Gasteiger partial charge in [0.2, 0.25) is 0 Å². The molecule has 0 aromatic carbocycles. The predicted molar refractivity (Wildman–Crippen MR) is 65.6 cm³/mol. The van der Waals surface area contributed by atoms with Crippen LogP contribution in [0.1, 0.15) is 29.6 Å². The average Bonchev–Trinajstić information content (AvgIpc) is 2.94. The second-order valence-electron chi connectivity index (χ2n) is 4.88. The van der Waals surface area contributed by atoms with Gasteiger partial charge < -0.3 is 10.4 Å². The number of rotatable bonds is 3. The maximum Gasteiger partial charge on any atom is 0.339 e. The SMILES string of the molecule is O=C(O)c1ccnnc1NC1CCN2CCCC12. The zero-order chi connectivity index (χ0) is 12.5. The van der Waals surface area contributed by atoms with Crippen molar-refractivity contribution in [3.8, 4) is 0 Å². The van der Waals surface area contributed by atoms with Crippen LogP contribution in [0.3, 0.4) is 0 Å². The number of aromatic carboxylic acids is 1. The van der Waals surface area contributed by atoms with E-state index in [2.05, 4.69) is 20.4 Å². The summed E-state index contributed by atoms with van der Waals surface area (Å²) in [6.07, 6.45) is 4.86. The Balaban J connectivity index is 1.78. The second-order valence-corrected chi connectivity index (χ2v) is 4.88. The summed E-state index contributed by atoms with van der Waals surface area (Å²) >= 11 is 0. The normalized spacial score (nSPS) is 27.1. The summed E-state index contributed by atoms with van der Waals surface area (Å²) in [4.78, 5) is 13.6. The van der Waals surface area contributed by atoms with E-state index in [1.165, 1.54) is 25.1 Å². The number of carboxylic acid groups (broad SMARTS) is 1. The summed E-state index contributed by atoms with van der Waals surface area (Å²) in [6.45, 7) is 2.25. The Bertz CT molecular complexity index is 465. The van der Waals surface area contributed by atoms with Gasteiger partial charge in [0.1, 0.15) is 5.56 Å². The van der Waals surface area contributed by atoms with Crippen LogP contribution < -0.4 is 5.32 Å². The van der Waals surface area contributed by atoms with Crippen LogP contribution >= 0.6 is 0 Å². The molecule has 3 heterocycles. The van der Waals surface area contributed by atoms with Gasteiger partial charge in [-0.1, -0.05) is 0 Å². The third kappa shape index (κ3) is 1.92. The molecule has 0 saturated carbocycles. The summed E-state index contributed by atoms with van der Waals surface area (Å²) < 4.78 is 0. The lowest BCUT2D eigenvalue weighted by atomic mass is 10.1. The molecule has 3 rings (SSSR count). The van der Waals surface area contributed by atoms with Crippen LogP contribution in [0.5, 0.6) is 0 Å². The first kappa shape index (κ1) is 11.4. The van der Waals surface area contributed by atoms with Crippen LogP contribution in [0.15, 0.2) is 12.3 Å².